The molecule has 2 aromatic rings. The molecule has 7 nitrogen and oxygen atoms in total. The number of halogens is 5. The molecule has 1 aliphatic rings. The Morgan fingerprint density at radius 3 is 2.45 bits per heavy atom. The van der Waals surface area contributed by atoms with E-state index in [1.165, 1.54) is 25.1 Å². The molecule has 164 valence electrons. The summed E-state index contributed by atoms with van der Waals surface area (Å²) in [5.41, 5.74) is -1.69. The summed E-state index contributed by atoms with van der Waals surface area (Å²) in [7, 11) is 0. The maximum Gasteiger partial charge on any atom is 0.573 e. The van der Waals surface area contributed by atoms with Gasteiger partial charge in [-0.15, -0.1) is 13.2 Å². The molecule has 1 atom stereocenters. The molecule has 0 radical (unpaired) electrons. The average Bonchev–Trinajstić information content (AvgIpc) is 2.88. The summed E-state index contributed by atoms with van der Waals surface area (Å²) in [4.78, 5) is 37.9. The lowest BCUT2D eigenvalue weighted by Gasteiger charge is -2.22. The van der Waals surface area contributed by atoms with Crippen molar-refractivity contribution in [2.24, 2.45) is 0 Å². The number of ether oxygens (including phenoxy) is 1. The predicted octanol–water partition coefficient (Wildman–Crippen LogP) is 3.78. The van der Waals surface area contributed by atoms with Crippen molar-refractivity contribution in [3.8, 4) is 5.75 Å². The van der Waals surface area contributed by atoms with E-state index in [2.05, 4.69) is 15.4 Å². The molecule has 0 aliphatic carbocycles. The number of rotatable bonds is 5. The first-order valence-electron chi connectivity index (χ1n) is 8.64. The monoisotopic (exact) mass is 459 g/mol. The van der Waals surface area contributed by atoms with Crippen LogP contribution in [0.1, 0.15) is 12.5 Å². The number of hydrogen-bond acceptors (Lipinski definition) is 4. The number of nitrogens with zero attached hydrogens (tertiary/aromatic N) is 1. The molecule has 1 heterocycles. The lowest BCUT2D eigenvalue weighted by molar-refractivity contribution is -0.274. The van der Waals surface area contributed by atoms with Crippen LogP contribution in [0.4, 0.5) is 28.0 Å². The second-order valence-electron chi connectivity index (χ2n) is 6.69. The number of carbonyl (C=O) groups excluding carboxylic acids is 3. The predicted molar refractivity (Wildman–Crippen MR) is 101 cm³/mol. The fourth-order valence-corrected chi connectivity index (χ4v) is 3.12. The normalized spacial score (nSPS) is 18.7. The zero-order valence-electron chi connectivity index (χ0n) is 15.7. The first-order valence-corrected chi connectivity index (χ1v) is 9.02. The zero-order chi connectivity index (χ0) is 23.0. The van der Waals surface area contributed by atoms with Crippen LogP contribution in [0.15, 0.2) is 42.5 Å². The molecule has 0 aromatic heterocycles. The van der Waals surface area contributed by atoms with Crippen LogP contribution in [-0.4, -0.2) is 35.7 Å². The molecular formula is C19H14ClF4N3O4. The highest BCUT2D eigenvalue weighted by atomic mass is 35.5. The molecule has 0 bridgehead atoms. The van der Waals surface area contributed by atoms with Gasteiger partial charge >= 0.3 is 12.4 Å². The third kappa shape index (κ3) is 4.88. The lowest BCUT2D eigenvalue weighted by atomic mass is 9.92. The van der Waals surface area contributed by atoms with E-state index in [9.17, 15) is 31.9 Å². The van der Waals surface area contributed by atoms with Gasteiger partial charge < -0.3 is 15.4 Å². The average molecular weight is 460 g/mol. The third-order valence-electron chi connectivity index (χ3n) is 4.44. The second-order valence-corrected chi connectivity index (χ2v) is 7.13. The lowest BCUT2D eigenvalue weighted by Crippen LogP contribution is -2.42. The molecule has 1 aliphatic heterocycles. The van der Waals surface area contributed by atoms with Crippen LogP contribution >= 0.6 is 11.6 Å². The van der Waals surface area contributed by atoms with Gasteiger partial charge in [0.25, 0.3) is 5.91 Å². The van der Waals surface area contributed by atoms with Crippen LogP contribution in [0.25, 0.3) is 0 Å². The Morgan fingerprint density at radius 1 is 1.19 bits per heavy atom. The van der Waals surface area contributed by atoms with Crippen molar-refractivity contribution in [1.82, 2.24) is 10.2 Å². The van der Waals surface area contributed by atoms with Crippen molar-refractivity contribution in [1.29, 1.82) is 0 Å². The molecule has 2 N–H and O–H groups in total. The number of imide groups is 1. The molecule has 1 unspecified atom stereocenters. The van der Waals surface area contributed by atoms with Gasteiger partial charge in [-0.25, -0.2) is 9.18 Å². The van der Waals surface area contributed by atoms with Gasteiger partial charge in [-0.2, -0.15) is 0 Å². The number of carbonyl (C=O) groups is 3. The van der Waals surface area contributed by atoms with Crippen LogP contribution in [-0.2, 0) is 15.1 Å². The number of hydrogen-bond donors (Lipinski definition) is 2. The van der Waals surface area contributed by atoms with E-state index in [1.807, 2.05) is 0 Å². The molecule has 31 heavy (non-hydrogen) atoms. The van der Waals surface area contributed by atoms with Gasteiger partial charge in [0.15, 0.2) is 0 Å². The Kier molecular flexibility index (Phi) is 5.81. The quantitative estimate of drug-likeness (QED) is 0.526. The first-order chi connectivity index (χ1) is 14.4. The Hall–Kier alpha value is -3.34. The molecule has 2 aromatic carbocycles. The molecule has 12 heteroatoms. The van der Waals surface area contributed by atoms with Crippen molar-refractivity contribution < 1.29 is 36.7 Å². The molecule has 0 saturated carbocycles. The van der Waals surface area contributed by atoms with E-state index in [-0.39, 0.29) is 16.3 Å². The second kappa shape index (κ2) is 8.06. The van der Waals surface area contributed by atoms with E-state index >= 15 is 0 Å². The molecule has 1 saturated heterocycles. The summed E-state index contributed by atoms with van der Waals surface area (Å²) in [6.45, 7) is 0.614. The maximum absolute atomic E-state index is 13.8. The van der Waals surface area contributed by atoms with E-state index in [4.69, 9.17) is 11.6 Å². The SMILES string of the molecule is CC1(c2ccc(OC(F)(F)F)cc2)NC(=O)N(CC(=O)Nc2cc(Cl)ccc2F)C1=O. The van der Waals surface area contributed by atoms with Gasteiger partial charge in [0.1, 0.15) is 23.7 Å². The van der Waals surface area contributed by atoms with Crippen LogP contribution in [0.5, 0.6) is 5.75 Å². The summed E-state index contributed by atoms with van der Waals surface area (Å²) < 4.78 is 54.4. The van der Waals surface area contributed by atoms with E-state index in [0.29, 0.717) is 4.90 Å². The Labute approximate surface area is 177 Å². The van der Waals surface area contributed by atoms with Crippen LogP contribution < -0.4 is 15.4 Å². The summed E-state index contributed by atoms with van der Waals surface area (Å²) in [6, 6.07) is 6.93. The van der Waals surface area contributed by atoms with Crippen molar-refractivity contribution in [3.63, 3.8) is 0 Å². The van der Waals surface area contributed by atoms with E-state index in [0.717, 1.165) is 24.3 Å². The van der Waals surface area contributed by atoms with Gasteiger partial charge in [0.2, 0.25) is 5.91 Å². The highest BCUT2D eigenvalue weighted by molar-refractivity contribution is 6.30. The van der Waals surface area contributed by atoms with Crippen LogP contribution in [0.2, 0.25) is 5.02 Å². The highest BCUT2D eigenvalue weighted by Crippen LogP contribution is 2.31. The van der Waals surface area contributed by atoms with Crippen LogP contribution in [0.3, 0.4) is 0 Å². The first kappa shape index (κ1) is 22.3. The van der Waals surface area contributed by atoms with Gasteiger partial charge in [0, 0.05) is 5.02 Å². The Morgan fingerprint density at radius 2 is 1.84 bits per heavy atom. The van der Waals surface area contributed by atoms with Crippen molar-refractivity contribution >= 4 is 35.1 Å². The Balaban J connectivity index is 1.73. The number of nitrogens with one attached hydrogen (secondary N) is 2. The molecule has 3 rings (SSSR count). The van der Waals surface area contributed by atoms with E-state index < -0.39 is 47.9 Å². The Bertz CT molecular complexity index is 1050. The number of benzene rings is 2. The topological polar surface area (TPSA) is 87.7 Å². The summed E-state index contributed by atoms with van der Waals surface area (Å²) in [5.74, 6) is -2.94. The van der Waals surface area contributed by atoms with E-state index in [1.54, 1.807) is 0 Å². The number of amides is 4. The minimum absolute atomic E-state index is 0.164. The van der Waals surface area contributed by atoms with Gasteiger partial charge in [-0.1, -0.05) is 23.7 Å². The fourth-order valence-electron chi connectivity index (χ4n) is 2.95. The zero-order valence-corrected chi connectivity index (χ0v) is 16.5. The fraction of sp³-hybridized carbons (Fsp3) is 0.211. The number of anilines is 1. The standard InChI is InChI=1S/C19H14ClF4N3O4/c1-18(10-2-5-12(6-3-10)31-19(22,23)24)16(29)27(17(30)26-18)9-15(28)25-14-8-11(20)4-7-13(14)21/h2-8H,9H2,1H3,(H,25,28)(H,26,30). The van der Waals surface area contributed by atoms with Crippen molar-refractivity contribution in [2.75, 3.05) is 11.9 Å². The number of alkyl halides is 3. The summed E-state index contributed by atoms with van der Waals surface area (Å²) in [6.07, 6.45) is -4.88. The van der Waals surface area contributed by atoms with Crippen molar-refractivity contribution in [3.05, 3.63) is 58.9 Å². The van der Waals surface area contributed by atoms with Crippen LogP contribution in [0, 0.1) is 5.82 Å². The largest absolute Gasteiger partial charge is 0.573 e. The summed E-state index contributed by atoms with van der Waals surface area (Å²) >= 11 is 5.75. The van der Waals surface area contributed by atoms with Crippen molar-refractivity contribution in [2.45, 2.75) is 18.8 Å². The molecule has 1 fully saturated rings. The summed E-state index contributed by atoms with van der Waals surface area (Å²) in [5, 5.41) is 4.79. The number of urea groups is 1. The maximum atomic E-state index is 13.8. The van der Waals surface area contributed by atoms with Gasteiger partial charge in [-0.3, -0.25) is 14.5 Å². The minimum atomic E-state index is -4.88. The molecule has 0 spiro atoms. The van der Waals surface area contributed by atoms with Gasteiger partial charge in [-0.05, 0) is 42.8 Å². The van der Waals surface area contributed by atoms with Gasteiger partial charge in [0.05, 0.1) is 5.69 Å². The molecule has 4 amide bonds. The highest BCUT2D eigenvalue weighted by Gasteiger charge is 2.49. The minimum Gasteiger partial charge on any atom is -0.406 e. The third-order valence-corrected chi connectivity index (χ3v) is 4.68. The molecular weight excluding hydrogens is 446 g/mol. The smallest absolute Gasteiger partial charge is 0.406 e.